The summed E-state index contributed by atoms with van der Waals surface area (Å²) in [7, 11) is 0. The molecule has 3 rings (SSSR count). The van der Waals surface area contributed by atoms with Crippen LogP contribution in [0.2, 0.25) is 0 Å². The minimum atomic E-state index is -4.58. The highest BCUT2D eigenvalue weighted by atomic mass is 19.4. The number of carbonyl (C=O) groups excluding carboxylic acids is 2. The van der Waals surface area contributed by atoms with E-state index in [-0.39, 0.29) is 24.3 Å². The fourth-order valence-corrected chi connectivity index (χ4v) is 3.98. The molecule has 32 heavy (non-hydrogen) atoms. The quantitative estimate of drug-likeness (QED) is 0.708. The Kier molecular flexibility index (Phi) is 6.09. The molecule has 0 saturated carbocycles. The van der Waals surface area contributed by atoms with Gasteiger partial charge in [-0.25, -0.2) is 0 Å². The molecule has 0 fully saturated rings. The van der Waals surface area contributed by atoms with Gasteiger partial charge >= 0.3 is 12.1 Å². The summed E-state index contributed by atoms with van der Waals surface area (Å²) in [6.45, 7) is 7.14. The lowest BCUT2D eigenvalue weighted by atomic mass is 9.83. The van der Waals surface area contributed by atoms with Gasteiger partial charge in [0.05, 0.1) is 11.7 Å². The maximum atomic E-state index is 13.2. The molecule has 9 heteroatoms. The number of hydrogen-bond acceptors (Lipinski definition) is 4. The summed E-state index contributed by atoms with van der Waals surface area (Å²) in [6.07, 6.45) is -4.98. The number of rotatable bonds is 3. The molecule has 0 bridgehead atoms. The number of nitriles is 1. The van der Waals surface area contributed by atoms with Crippen LogP contribution in [0.3, 0.4) is 0 Å². The number of amides is 1. The van der Waals surface area contributed by atoms with E-state index in [4.69, 9.17) is 4.74 Å². The molecule has 0 aliphatic carbocycles. The zero-order valence-electron chi connectivity index (χ0n) is 18.2. The summed E-state index contributed by atoms with van der Waals surface area (Å²) in [5.41, 5.74) is -0.254. The summed E-state index contributed by atoms with van der Waals surface area (Å²) in [4.78, 5) is 30.5. The Balaban J connectivity index is 2.04. The van der Waals surface area contributed by atoms with Crippen molar-refractivity contribution >= 4 is 11.9 Å². The minimum absolute atomic E-state index is 0.0948. The molecule has 1 aliphatic heterocycles. The van der Waals surface area contributed by atoms with E-state index in [2.05, 4.69) is 4.98 Å². The average Bonchev–Trinajstić information content (AvgIpc) is 3.10. The molecule has 1 unspecified atom stereocenters. The maximum Gasteiger partial charge on any atom is 0.416 e. The molecule has 0 radical (unpaired) electrons. The molecule has 0 spiro atoms. The Bertz CT molecular complexity index is 1080. The van der Waals surface area contributed by atoms with E-state index in [1.807, 2.05) is 19.9 Å². The first-order chi connectivity index (χ1) is 14.8. The Hall–Kier alpha value is -3.28. The van der Waals surface area contributed by atoms with Gasteiger partial charge in [-0.3, -0.25) is 9.59 Å². The third-order valence-electron chi connectivity index (χ3n) is 5.40. The fraction of sp³-hybridized carbons (Fsp3) is 0.435. The van der Waals surface area contributed by atoms with E-state index in [0.717, 1.165) is 12.1 Å². The molecule has 1 N–H and O–H groups in total. The first-order valence-corrected chi connectivity index (χ1v) is 10.1. The number of carbonyl (C=O) groups is 2. The number of hydrogen-bond donors (Lipinski definition) is 1. The highest BCUT2D eigenvalue weighted by Gasteiger charge is 2.41. The zero-order valence-corrected chi connectivity index (χ0v) is 18.2. The van der Waals surface area contributed by atoms with Crippen molar-refractivity contribution in [3.05, 3.63) is 58.4 Å². The third-order valence-corrected chi connectivity index (χ3v) is 5.40. The van der Waals surface area contributed by atoms with Gasteiger partial charge in [-0.2, -0.15) is 18.4 Å². The van der Waals surface area contributed by atoms with Crippen LogP contribution in [0.1, 0.15) is 66.5 Å². The Morgan fingerprint density at radius 2 is 1.97 bits per heavy atom. The van der Waals surface area contributed by atoms with E-state index in [0.29, 0.717) is 11.3 Å². The molecule has 0 saturated heterocycles. The van der Waals surface area contributed by atoms with Crippen LogP contribution in [-0.2, 0) is 21.1 Å². The number of fused-ring (bicyclic) bond motifs is 1. The first kappa shape index (κ1) is 23.4. The van der Waals surface area contributed by atoms with Crippen molar-refractivity contribution in [2.24, 2.45) is 0 Å². The second-order valence-corrected chi connectivity index (χ2v) is 8.81. The van der Waals surface area contributed by atoms with Crippen LogP contribution < -0.4 is 0 Å². The topological polar surface area (TPSA) is 86.2 Å². The number of esters is 1. The normalized spacial score (nSPS) is 18.0. The number of nitrogens with zero attached hydrogens (tertiary/aromatic N) is 2. The van der Waals surface area contributed by atoms with Gasteiger partial charge in [0.25, 0.3) is 5.91 Å². The summed E-state index contributed by atoms with van der Waals surface area (Å²) < 4.78 is 44.8. The molecule has 2 heterocycles. The third kappa shape index (κ3) is 4.64. The SMILES string of the molecule is CC(C)OC(=O)C1CN(C(=O)c2cccc(C(F)(F)F)c2)CC(C)(C)c2cc(C#N)[nH]c21. The molecular formula is C23H24F3N3O3. The molecule has 1 aliphatic rings. The Labute approximate surface area is 184 Å². The Morgan fingerprint density at radius 3 is 2.56 bits per heavy atom. The van der Waals surface area contributed by atoms with Crippen LogP contribution in [0, 0.1) is 11.3 Å². The number of benzene rings is 1. The van der Waals surface area contributed by atoms with Crippen molar-refractivity contribution in [2.45, 2.75) is 51.3 Å². The number of ether oxygens (including phenoxy) is 1. The van der Waals surface area contributed by atoms with Crippen LogP contribution in [-0.4, -0.2) is 41.0 Å². The van der Waals surface area contributed by atoms with Crippen LogP contribution >= 0.6 is 0 Å². The van der Waals surface area contributed by atoms with E-state index in [1.54, 1.807) is 19.9 Å². The van der Waals surface area contributed by atoms with Crippen LogP contribution in [0.5, 0.6) is 0 Å². The summed E-state index contributed by atoms with van der Waals surface area (Å²) in [5, 5.41) is 9.32. The van der Waals surface area contributed by atoms with Crippen LogP contribution in [0.25, 0.3) is 0 Å². The van der Waals surface area contributed by atoms with Gasteiger partial charge in [-0.05, 0) is 43.7 Å². The van der Waals surface area contributed by atoms with Crippen molar-refractivity contribution in [2.75, 3.05) is 13.1 Å². The largest absolute Gasteiger partial charge is 0.462 e. The standard InChI is InChI=1S/C23H24F3N3O3/c1-13(2)32-21(31)17-11-29(12-22(3,4)18-9-16(10-27)28-19(17)18)20(30)14-6-5-7-15(8-14)23(24,25)26/h5-9,13,17,28H,11-12H2,1-4H3. The smallest absolute Gasteiger partial charge is 0.416 e. The Morgan fingerprint density at radius 1 is 1.28 bits per heavy atom. The number of nitrogens with one attached hydrogen (secondary N) is 1. The van der Waals surface area contributed by atoms with E-state index >= 15 is 0 Å². The number of aromatic nitrogens is 1. The lowest BCUT2D eigenvalue weighted by molar-refractivity contribution is -0.149. The lowest BCUT2D eigenvalue weighted by Crippen LogP contribution is -2.41. The predicted octanol–water partition coefficient (Wildman–Crippen LogP) is 4.37. The first-order valence-electron chi connectivity index (χ1n) is 10.1. The van der Waals surface area contributed by atoms with Gasteiger partial charge in [0.15, 0.2) is 0 Å². The number of H-pyrrole nitrogens is 1. The number of aromatic amines is 1. The van der Waals surface area contributed by atoms with Crippen LogP contribution in [0.15, 0.2) is 30.3 Å². The van der Waals surface area contributed by atoms with Crippen molar-refractivity contribution in [3.8, 4) is 6.07 Å². The maximum absolute atomic E-state index is 13.2. The highest BCUT2D eigenvalue weighted by molar-refractivity contribution is 5.95. The van der Waals surface area contributed by atoms with Crippen molar-refractivity contribution in [3.63, 3.8) is 0 Å². The molecule has 1 atom stereocenters. The number of alkyl halides is 3. The molecular weight excluding hydrogens is 423 g/mol. The predicted molar refractivity (Wildman–Crippen MR) is 110 cm³/mol. The lowest BCUT2D eigenvalue weighted by Gasteiger charge is -2.30. The molecule has 1 aromatic carbocycles. The van der Waals surface area contributed by atoms with E-state index < -0.39 is 41.1 Å². The van der Waals surface area contributed by atoms with E-state index in [9.17, 15) is 28.0 Å². The summed E-state index contributed by atoms with van der Waals surface area (Å²) >= 11 is 0. The van der Waals surface area contributed by atoms with Crippen LogP contribution in [0.4, 0.5) is 13.2 Å². The second-order valence-electron chi connectivity index (χ2n) is 8.81. The monoisotopic (exact) mass is 447 g/mol. The second kappa shape index (κ2) is 8.34. The van der Waals surface area contributed by atoms with Gasteiger partial charge < -0.3 is 14.6 Å². The van der Waals surface area contributed by atoms with Gasteiger partial charge in [0, 0.05) is 29.8 Å². The van der Waals surface area contributed by atoms with Crippen molar-refractivity contribution < 1.29 is 27.5 Å². The molecule has 1 aromatic heterocycles. The van der Waals surface area contributed by atoms with E-state index in [1.165, 1.54) is 17.0 Å². The highest BCUT2D eigenvalue weighted by Crippen LogP contribution is 2.38. The van der Waals surface area contributed by atoms with Gasteiger partial charge in [0.2, 0.25) is 0 Å². The van der Waals surface area contributed by atoms with Gasteiger partial charge in [-0.15, -0.1) is 0 Å². The number of halogens is 3. The molecule has 1 amide bonds. The summed E-state index contributed by atoms with van der Waals surface area (Å²) in [6, 6.07) is 7.90. The van der Waals surface area contributed by atoms with Gasteiger partial charge in [-0.1, -0.05) is 19.9 Å². The molecule has 170 valence electrons. The summed E-state index contributed by atoms with van der Waals surface area (Å²) in [5.74, 6) is -2.10. The van der Waals surface area contributed by atoms with Crippen molar-refractivity contribution in [1.82, 2.24) is 9.88 Å². The molecule has 2 aromatic rings. The fourth-order valence-electron chi connectivity index (χ4n) is 3.98. The average molecular weight is 447 g/mol. The molecule has 6 nitrogen and oxygen atoms in total. The van der Waals surface area contributed by atoms with Crippen molar-refractivity contribution in [1.29, 1.82) is 5.26 Å². The van der Waals surface area contributed by atoms with Gasteiger partial charge in [0.1, 0.15) is 17.7 Å². The zero-order chi connectivity index (χ0) is 23.8. The minimum Gasteiger partial charge on any atom is -0.462 e.